The van der Waals surface area contributed by atoms with Gasteiger partial charge in [-0.05, 0) is 51.4 Å². The topological polar surface area (TPSA) is 39.7 Å². The number of nitrogens with one attached hydrogen (secondary N) is 1. The van der Waals surface area contributed by atoms with Crippen LogP contribution >= 0.6 is 24.0 Å². The van der Waals surface area contributed by atoms with Crippen molar-refractivity contribution >= 4 is 24.0 Å². The van der Waals surface area contributed by atoms with Crippen LogP contribution in [0.3, 0.4) is 0 Å². The molecule has 1 rings (SSSR count). The second-order valence-electron chi connectivity index (χ2n) is 4.99. The molecule has 1 aromatic rings. The van der Waals surface area contributed by atoms with Crippen molar-refractivity contribution in [3.63, 3.8) is 0 Å². The molecule has 0 saturated heterocycles. The van der Waals surface area contributed by atoms with Crippen LogP contribution in [0.25, 0.3) is 0 Å². The van der Waals surface area contributed by atoms with Crippen LogP contribution in [0.4, 0.5) is 0 Å². The lowest BCUT2D eigenvalue weighted by atomic mass is 10.2. The van der Waals surface area contributed by atoms with Crippen LogP contribution in [0.1, 0.15) is 32.8 Å². The fraction of sp³-hybridized carbons (Fsp3) is 0.625. The van der Waals surface area contributed by atoms with Gasteiger partial charge in [-0.1, -0.05) is 11.6 Å². The van der Waals surface area contributed by atoms with Gasteiger partial charge in [0.15, 0.2) is 11.5 Å². The van der Waals surface area contributed by atoms with Crippen molar-refractivity contribution in [1.29, 1.82) is 0 Å². The molecule has 0 atom stereocenters. The summed E-state index contributed by atoms with van der Waals surface area (Å²) >= 11 is 6.22. The molecule has 0 aliphatic carbocycles. The van der Waals surface area contributed by atoms with Crippen LogP contribution in [0, 0.1) is 0 Å². The van der Waals surface area contributed by atoms with Crippen LogP contribution in [-0.4, -0.2) is 33.0 Å². The lowest BCUT2D eigenvalue weighted by Crippen LogP contribution is -2.17. The van der Waals surface area contributed by atoms with E-state index >= 15 is 0 Å². The minimum absolute atomic E-state index is 0. The molecule has 0 spiro atoms. The zero-order valence-electron chi connectivity index (χ0n) is 13.8. The quantitative estimate of drug-likeness (QED) is 0.645. The lowest BCUT2D eigenvalue weighted by Gasteiger charge is -2.13. The van der Waals surface area contributed by atoms with Crippen LogP contribution in [0.15, 0.2) is 12.1 Å². The van der Waals surface area contributed by atoms with E-state index in [0.29, 0.717) is 29.2 Å². The molecule has 0 saturated carbocycles. The average Bonchev–Trinajstić information content (AvgIpc) is 2.42. The van der Waals surface area contributed by atoms with Crippen molar-refractivity contribution in [2.24, 2.45) is 0 Å². The van der Waals surface area contributed by atoms with E-state index in [9.17, 15) is 0 Å². The van der Waals surface area contributed by atoms with E-state index < -0.39 is 0 Å². The Kier molecular flexibility index (Phi) is 11.5. The normalized spacial score (nSPS) is 10.5. The van der Waals surface area contributed by atoms with Gasteiger partial charge in [0.2, 0.25) is 0 Å². The number of halogens is 2. The van der Waals surface area contributed by atoms with E-state index in [4.69, 9.17) is 25.8 Å². The van der Waals surface area contributed by atoms with Crippen molar-refractivity contribution < 1.29 is 14.2 Å². The Morgan fingerprint density at radius 2 is 2.00 bits per heavy atom. The van der Waals surface area contributed by atoms with Gasteiger partial charge >= 0.3 is 0 Å². The molecule has 0 radical (unpaired) electrons. The van der Waals surface area contributed by atoms with Gasteiger partial charge in [-0.15, -0.1) is 12.4 Å². The molecule has 4 nitrogen and oxygen atoms in total. The molecule has 22 heavy (non-hydrogen) atoms. The summed E-state index contributed by atoms with van der Waals surface area (Å²) < 4.78 is 16.3. The third-order valence-electron chi connectivity index (χ3n) is 2.85. The highest BCUT2D eigenvalue weighted by Gasteiger charge is 2.11. The number of hydrogen-bond acceptors (Lipinski definition) is 4. The maximum atomic E-state index is 6.22. The molecular weight excluding hydrogens is 325 g/mol. The molecule has 0 aliphatic heterocycles. The molecule has 1 aromatic carbocycles. The SMILES string of the molecule is CCOc1cc(CNCCCOC(C)C)cc(Cl)c1OC.Cl. The molecule has 1 N–H and O–H groups in total. The number of hydrogen-bond donors (Lipinski definition) is 1. The first kappa shape index (κ1) is 21.3. The van der Waals surface area contributed by atoms with Crippen molar-refractivity contribution in [3.8, 4) is 11.5 Å². The van der Waals surface area contributed by atoms with E-state index in [1.54, 1.807) is 7.11 Å². The highest BCUT2D eigenvalue weighted by molar-refractivity contribution is 6.32. The van der Waals surface area contributed by atoms with Gasteiger partial charge in [-0.2, -0.15) is 0 Å². The molecular formula is C16H27Cl2NO3. The zero-order chi connectivity index (χ0) is 15.7. The maximum Gasteiger partial charge on any atom is 0.179 e. The molecule has 0 fully saturated rings. The zero-order valence-corrected chi connectivity index (χ0v) is 15.4. The first-order valence-electron chi connectivity index (χ1n) is 7.40. The Morgan fingerprint density at radius 3 is 2.59 bits per heavy atom. The molecule has 0 amide bonds. The molecule has 6 heteroatoms. The Balaban J connectivity index is 0.00000441. The second-order valence-corrected chi connectivity index (χ2v) is 5.40. The third-order valence-corrected chi connectivity index (χ3v) is 3.13. The van der Waals surface area contributed by atoms with E-state index in [1.165, 1.54) is 0 Å². The number of ether oxygens (including phenoxy) is 3. The summed E-state index contributed by atoms with van der Waals surface area (Å²) in [6.07, 6.45) is 1.28. The first-order valence-corrected chi connectivity index (χ1v) is 7.77. The van der Waals surface area contributed by atoms with E-state index in [1.807, 2.05) is 32.9 Å². The van der Waals surface area contributed by atoms with Gasteiger partial charge in [-0.25, -0.2) is 0 Å². The monoisotopic (exact) mass is 351 g/mol. The predicted octanol–water partition coefficient (Wildman–Crippen LogP) is 4.07. The van der Waals surface area contributed by atoms with Gasteiger partial charge in [0.05, 0.1) is 24.8 Å². The molecule has 0 bridgehead atoms. The number of benzene rings is 1. The molecule has 128 valence electrons. The van der Waals surface area contributed by atoms with E-state index in [0.717, 1.165) is 31.7 Å². The average molecular weight is 352 g/mol. The highest BCUT2D eigenvalue weighted by atomic mass is 35.5. The summed E-state index contributed by atoms with van der Waals surface area (Å²) in [5.74, 6) is 1.28. The molecule has 0 heterocycles. The van der Waals surface area contributed by atoms with Gasteiger partial charge < -0.3 is 19.5 Å². The molecule has 0 aliphatic rings. The summed E-state index contributed by atoms with van der Waals surface area (Å²) in [5, 5.41) is 3.95. The van der Waals surface area contributed by atoms with Crippen LogP contribution in [-0.2, 0) is 11.3 Å². The Labute approximate surface area is 144 Å². The second kappa shape index (κ2) is 11.8. The van der Waals surface area contributed by atoms with E-state index in [-0.39, 0.29) is 12.4 Å². The first-order chi connectivity index (χ1) is 10.1. The van der Waals surface area contributed by atoms with Crippen molar-refractivity contribution in [1.82, 2.24) is 5.32 Å². The minimum atomic E-state index is 0. The van der Waals surface area contributed by atoms with Gasteiger partial charge in [0.1, 0.15) is 0 Å². The van der Waals surface area contributed by atoms with E-state index in [2.05, 4.69) is 5.32 Å². The van der Waals surface area contributed by atoms with Crippen molar-refractivity contribution in [2.75, 3.05) is 26.9 Å². The van der Waals surface area contributed by atoms with Gasteiger partial charge in [-0.3, -0.25) is 0 Å². The summed E-state index contributed by atoms with van der Waals surface area (Å²) in [5.41, 5.74) is 1.08. The lowest BCUT2D eigenvalue weighted by molar-refractivity contribution is 0.0770. The van der Waals surface area contributed by atoms with Gasteiger partial charge in [0.25, 0.3) is 0 Å². The smallest absolute Gasteiger partial charge is 0.179 e. The fourth-order valence-electron chi connectivity index (χ4n) is 1.93. The molecule has 0 unspecified atom stereocenters. The minimum Gasteiger partial charge on any atom is -0.491 e. The Bertz CT molecular complexity index is 428. The molecule has 0 aromatic heterocycles. The predicted molar refractivity (Wildman–Crippen MR) is 93.8 cm³/mol. The van der Waals surface area contributed by atoms with Crippen LogP contribution in [0.5, 0.6) is 11.5 Å². The van der Waals surface area contributed by atoms with Crippen LogP contribution < -0.4 is 14.8 Å². The van der Waals surface area contributed by atoms with Gasteiger partial charge in [0, 0.05) is 13.2 Å². The summed E-state index contributed by atoms with van der Waals surface area (Å²) in [6, 6.07) is 3.87. The Morgan fingerprint density at radius 1 is 1.27 bits per heavy atom. The summed E-state index contributed by atoms with van der Waals surface area (Å²) in [6.45, 7) is 9.03. The Hall–Kier alpha value is -0.680. The highest BCUT2D eigenvalue weighted by Crippen LogP contribution is 2.36. The van der Waals surface area contributed by atoms with Crippen molar-refractivity contribution in [2.45, 2.75) is 39.8 Å². The summed E-state index contributed by atoms with van der Waals surface area (Å²) in [7, 11) is 1.59. The van der Waals surface area contributed by atoms with Crippen molar-refractivity contribution in [3.05, 3.63) is 22.7 Å². The third kappa shape index (κ3) is 7.54. The standard InChI is InChI=1S/C16H26ClNO3.ClH/c1-5-20-15-10-13(9-14(17)16(15)19-4)11-18-7-6-8-21-12(2)3;/h9-10,12,18H,5-8,11H2,1-4H3;1H. The fourth-order valence-corrected chi connectivity index (χ4v) is 2.24. The van der Waals surface area contributed by atoms with Crippen LogP contribution in [0.2, 0.25) is 5.02 Å². The number of rotatable bonds is 10. The summed E-state index contributed by atoms with van der Waals surface area (Å²) in [4.78, 5) is 0. The number of methoxy groups -OCH3 is 1. The maximum absolute atomic E-state index is 6.22. The largest absolute Gasteiger partial charge is 0.491 e.